The van der Waals surface area contributed by atoms with E-state index < -0.39 is 0 Å². The lowest BCUT2D eigenvalue weighted by Gasteiger charge is -2.36. The summed E-state index contributed by atoms with van der Waals surface area (Å²) in [4.78, 5) is 42.2. The average Bonchev–Trinajstić information content (AvgIpc) is 3.61. The third-order valence-corrected chi connectivity index (χ3v) is 6.60. The largest absolute Gasteiger partial charge is 0.491 e. The Morgan fingerprint density at radius 2 is 1.91 bits per heavy atom. The van der Waals surface area contributed by atoms with Crippen LogP contribution < -0.4 is 15.4 Å². The van der Waals surface area contributed by atoms with Gasteiger partial charge in [0.25, 0.3) is 5.91 Å². The van der Waals surface area contributed by atoms with Gasteiger partial charge in [-0.1, -0.05) is 6.92 Å². The molecule has 1 aliphatic carbocycles. The van der Waals surface area contributed by atoms with Crippen LogP contribution in [0.2, 0.25) is 0 Å². The van der Waals surface area contributed by atoms with Gasteiger partial charge in [0.15, 0.2) is 0 Å². The highest BCUT2D eigenvalue weighted by molar-refractivity contribution is 5.98. The SMILES string of the molecule is CO[C@@H]1CN(C)C(=O)c2ccc(NC(=O)NC(C)C)cc2OC[C@@H](C)N(C(=O)CC2CC2)C[C@H]1C. The molecule has 1 aromatic carbocycles. The molecule has 3 atom stereocenters. The summed E-state index contributed by atoms with van der Waals surface area (Å²) in [7, 11) is 3.37. The van der Waals surface area contributed by atoms with E-state index in [1.165, 1.54) is 0 Å². The number of carbonyl (C=O) groups is 3. The van der Waals surface area contributed by atoms with Crippen LogP contribution in [0.25, 0.3) is 0 Å². The van der Waals surface area contributed by atoms with Crippen LogP contribution in [0.1, 0.15) is 57.3 Å². The summed E-state index contributed by atoms with van der Waals surface area (Å²) in [5, 5.41) is 5.57. The van der Waals surface area contributed by atoms with Gasteiger partial charge in [0.05, 0.1) is 17.7 Å². The van der Waals surface area contributed by atoms with Crippen molar-refractivity contribution < 1.29 is 23.9 Å². The Bertz CT molecular complexity index is 917. The second-order valence-electron chi connectivity index (χ2n) is 10.3. The standard InChI is InChI=1S/C26H40N4O5/c1-16(2)27-26(33)28-20-9-10-21-22(12-20)35-15-18(4)30(24(31)11-19-7-8-19)13-17(3)23(34-6)14-29(5)25(21)32/h9-10,12,16-19,23H,7-8,11,13-15H2,1-6H3,(H2,27,28,33)/t17-,18-,23-/m1/s1. The van der Waals surface area contributed by atoms with Gasteiger partial charge in [0, 0.05) is 57.4 Å². The lowest BCUT2D eigenvalue weighted by atomic mass is 10.0. The van der Waals surface area contributed by atoms with Crippen LogP contribution in [0, 0.1) is 11.8 Å². The summed E-state index contributed by atoms with van der Waals surface area (Å²) in [6.45, 7) is 8.91. The summed E-state index contributed by atoms with van der Waals surface area (Å²) in [5.74, 6) is 0.828. The van der Waals surface area contributed by atoms with Crippen molar-refractivity contribution in [1.82, 2.24) is 15.1 Å². The third-order valence-electron chi connectivity index (χ3n) is 6.60. The Balaban J connectivity index is 1.90. The molecular weight excluding hydrogens is 448 g/mol. The van der Waals surface area contributed by atoms with E-state index in [0.717, 1.165) is 12.8 Å². The van der Waals surface area contributed by atoms with E-state index in [2.05, 4.69) is 17.6 Å². The molecule has 9 nitrogen and oxygen atoms in total. The Labute approximate surface area is 208 Å². The van der Waals surface area contributed by atoms with Crippen molar-refractivity contribution in [3.63, 3.8) is 0 Å². The fraction of sp³-hybridized carbons (Fsp3) is 0.654. The first-order chi connectivity index (χ1) is 16.6. The van der Waals surface area contributed by atoms with Crippen LogP contribution in [0.5, 0.6) is 5.75 Å². The molecule has 1 saturated carbocycles. The van der Waals surface area contributed by atoms with Crippen LogP contribution >= 0.6 is 0 Å². The number of carbonyl (C=O) groups excluding carboxylic acids is 3. The molecule has 0 spiro atoms. The predicted molar refractivity (Wildman–Crippen MR) is 135 cm³/mol. The number of amides is 4. The minimum atomic E-state index is -0.335. The van der Waals surface area contributed by atoms with Gasteiger partial charge in [-0.15, -0.1) is 0 Å². The zero-order valence-corrected chi connectivity index (χ0v) is 21.8. The maximum absolute atomic E-state index is 13.3. The number of benzene rings is 1. The van der Waals surface area contributed by atoms with E-state index in [-0.39, 0.29) is 48.6 Å². The number of methoxy groups -OCH3 is 1. The van der Waals surface area contributed by atoms with Crippen LogP contribution in [-0.4, -0.2) is 79.7 Å². The molecule has 1 fully saturated rings. The van der Waals surface area contributed by atoms with Crippen LogP contribution in [0.15, 0.2) is 18.2 Å². The molecule has 0 radical (unpaired) electrons. The number of rotatable bonds is 5. The van der Waals surface area contributed by atoms with Gasteiger partial charge in [-0.25, -0.2) is 4.79 Å². The van der Waals surface area contributed by atoms with E-state index in [0.29, 0.717) is 42.4 Å². The second kappa shape index (κ2) is 11.7. The van der Waals surface area contributed by atoms with E-state index >= 15 is 0 Å². The molecule has 1 aliphatic heterocycles. The number of likely N-dealkylation sites (N-methyl/N-ethyl adjacent to an activating group) is 1. The first-order valence-electron chi connectivity index (χ1n) is 12.5. The maximum atomic E-state index is 13.3. The summed E-state index contributed by atoms with van der Waals surface area (Å²) in [6, 6.07) is 4.47. The number of ether oxygens (including phenoxy) is 2. The number of hydrogen-bond donors (Lipinski definition) is 2. The molecule has 0 aromatic heterocycles. The third kappa shape index (κ3) is 7.34. The summed E-state index contributed by atoms with van der Waals surface area (Å²) in [5.41, 5.74) is 0.913. The van der Waals surface area contributed by atoms with Gasteiger partial charge in [0.2, 0.25) is 5.91 Å². The number of nitrogens with one attached hydrogen (secondary N) is 2. The molecule has 1 aromatic rings. The highest BCUT2D eigenvalue weighted by Crippen LogP contribution is 2.33. The van der Waals surface area contributed by atoms with E-state index in [4.69, 9.17) is 9.47 Å². The lowest BCUT2D eigenvalue weighted by molar-refractivity contribution is -0.135. The van der Waals surface area contributed by atoms with Gasteiger partial charge in [-0.2, -0.15) is 0 Å². The average molecular weight is 489 g/mol. The van der Waals surface area contributed by atoms with E-state index in [1.54, 1.807) is 37.3 Å². The fourth-order valence-electron chi connectivity index (χ4n) is 4.31. The monoisotopic (exact) mass is 488 g/mol. The highest BCUT2D eigenvalue weighted by atomic mass is 16.5. The second-order valence-corrected chi connectivity index (χ2v) is 10.3. The molecule has 194 valence electrons. The van der Waals surface area contributed by atoms with Crippen molar-refractivity contribution in [3.8, 4) is 5.75 Å². The van der Waals surface area contributed by atoms with E-state index in [1.807, 2.05) is 25.7 Å². The maximum Gasteiger partial charge on any atom is 0.319 e. The van der Waals surface area contributed by atoms with Gasteiger partial charge < -0.3 is 29.9 Å². The highest BCUT2D eigenvalue weighted by Gasteiger charge is 2.33. The summed E-state index contributed by atoms with van der Waals surface area (Å²) < 4.78 is 11.9. The first kappa shape index (κ1) is 26.8. The van der Waals surface area contributed by atoms with Crippen molar-refractivity contribution in [1.29, 1.82) is 0 Å². The van der Waals surface area contributed by atoms with Crippen molar-refractivity contribution >= 4 is 23.5 Å². The minimum Gasteiger partial charge on any atom is -0.491 e. The number of anilines is 1. The van der Waals surface area contributed by atoms with Gasteiger partial charge in [0.1, 0.15) is 12.4 Å². The van der Waals surface area contributed by atoms with Gasteiger partial charge >= 0.3 is 6.03 Å². The summed E-state index contributed by atoms with van der Waals surface area (Å²) in [6.07, 6.45) is 2.56. The summed E-state index contributed by atoms with van der Waals surface area (Å²) >= 11 is 0. The Hall–Kier alpha value is -2.81. The van der Waals surface area contributed by atoms with Gasteiger partial charge in [-0.05, 0) is 51.7 Å². The predicted octanol–water partition coefficient (Wildman–Crippen LogP) is 3.35. The quantitative estimate of drug-likeness (QED) is 0.662. The normalized spacial score (nSPS) is 23.6. The van der Waals surface area contributed by atoms with Crippen LogP contribution in [-0.2, 0) is 9.53 Å². The molecular formula is C26H40N4O5. The Morgan fingerprint density at radius 1 is 1.20 bits per heavy atom. The molecule has 3 rings (SSSR count). The molecule has 2 aliphatic rings. The van der Waals surface area contributed by atoms with Crippen molar-refractivity contribution in [2.45, 2.75) is 65.1 Å². The van der Waals surface area contributed by atoms with E-state index in [9.17, 15) is 14.4 Å². The molecule has 4 amide bonds. The molecule has 1 heterocycles. The zero-order chi connectivity index (χ0) is 25.7. The molecule has 2 N–H and O–H groups in total. The molecule has 0 unspecified atom stereocenters. The number of urea groups is 1. The number of nitrogens with zero attached hydrogens (tertiary/aromatic N) is 2. The number of hydrogen-bond acceptors (Lipinski definition) is 5. The topological polar surface area (TPSA) is 100 Å². The molecule has 0 saturated heterocycles. The van der Waals surface area contributed by atoms with Gasteiger partial charge in [-0.3, -0.25) is 9.59 Å². The van der Waals surface area contributed by atoms with Crippen molar-refractivity contribution in [3.05, 3.63) is 23.8 Å². The Morgan fingerprint density at radius 3 is 2.54 bits per heavy atom. The fourth-order valence-corrected chi connectivity index (χ4v) is 4.31. The first-order valence-corrected chi connectivity index (χ1v) is 12.5. The van der Waals surface area contributed by atoms with Crippen LogP contribution in [0.4, 0.5) is 10.5 Å². The smallest absolute Gasteiger partial charge is 0.319 e. The lowest BCUT2D eigenvalue weighted by Crippen LogP contribution is -2.48. The molecule has 9 heteroatoms. The van der Waals surface area contributed by atoms with Crippen LogP contribution in [0.3, 0.4) is 0 Å². The molecule has 0 bridgehead atoms. The molecule has 35 heavy (non-hydrogen) atoms. The van der Waals surface area contributed by atoms with Crippen molar-refractivity contribution in [2.24, 2.45) is 11.8 Å². The number of fused-ring (bicyclic) bond motifs is 1. The minimum absolute atomic E-state index is 0.0121. The van der Waals surface area contributed by atoms with Crippen molar-refractivity contribution in [2.75, 3.05) is 39.2 Å². The zero-order valence-electron chi connectivity index (χ0n) is 21.8. The Kier molecular flexibility index (Phi) is 8.99.